The number of imide groups is 1. The summed E-state index contributed by atoms with van der Waals surface area (Å²) in [6.07, 6.45) is 6.95. The molecule has 9 rings (SSSR count). The van der Waals surface area contributed by atoms with Crippen LogP contribution in [0.4, 0.5) is 11.4 Å². The van der Waals surface area contributed by atoms with E-state index in [0.29, 0.717) is 54.1 Å². The van der Waals surface area contributed by atoms with Gasteiger partial charge in [0.15, 0.2) is 5.60 Å². The minimum Gasteiger partial charge on any atom is -0.492 e. The Morgan fingerprint density at radius 3 is 2.54 bits per heavy atom. The molecule has 2 aromatic heterocycles. The van der Waals surface area contributed by atoms with Crippen LogP contribution in [0.3, 0.4) is 0 Å². The SMILES string of the molecule is CNC(=O)C1(Oc2ccccc2-c2nc3cccc(Cl)c3s2)CCN(C(=O)[C@H]2CC(=O)Nc3cc(OCCNCC4CCN(c5cncc(C6CCC(=O)NC6=O)c5)CC4)ccc32)CC1. The molecule has 3 fully saturated rings. The van der Waals surface area contributed by atoms with Crippen molar-refractivity contribution in [3.63, 3.8) is 0 Å². The highest BCUT2D eigenvalue weighted by Crippen LogP contribution is 2.42. The van der Waals surface area contributed by atoms with Crippen molar-refractivity contribution in [2.45, 2.75) is 62.4 Å². The second-order valence-electron chi connectivity index (χ2n) is 17.1. The van der Waals surface area contributed by atoms with Crippen molar-refractivity contribution in [3.05, 3.63) is 95.3 Å². The second kappa shape index (κ2) is 19.2. The summed E-state index contributed by atoms with van der Waals surface area (Å²) in [5.41, 5.74) is 3.42. The van der Waals surface area contributed by atoms with E-state index in [2.05, 4.69) is 31.2 Å². The van der Waals surface area contributed by atoms with Crippen LogP contribution in [0.1, 0.15) is 67.9 Å². The molecule has 0 spiro atoms. The lowest BCUT2D eigenvalue weighted by molar-refractivity contribution is -0.147. The monoisotopic (exact) mass is 918 g/mol. The smallest absolute Gasteiger partial charge is 0.264 e. The number of ether oxygens (including phenoxy) is 2. The first-order valence-electron chi connectivity index (χ1n) is 22.2. The van der Waals surface area contributed by atoms with Gasteiger partial charge in [0.2, 0.25) is 23.6 Å². The number of para-hydroxylation sites is 1. The van der Waals surface area contributed by atoms with E-state index in [1.54, 1.807) is 24.2 Å². The zero-order valence-electron chi connectivity index (χ0n) is 36.1. The highest BCUT2D eigenvalue weighted by Gasteiger charge is 2.46. The number of halogens is 1. The quantitative estimate of drug-likeness (QED) is 0.0800. The van der Waals surface area contributed by atoms with Crippen molar-refractivity contribution in [2.24, 2.45) is 5.92 Å². The Bertz CT molecular complexity index is 2630. The third-order valence-corrected chi connectivity index (χ3v) is 14.6. The number of thiazole rings is 1. The Labute approximate surface area is 385 Å². The number of nitrogens with zero attached hydrogens (tertiary/aromatic N) is 4. The van der Waals surface area contributed by atoms with E-state index in [9.17, 15) is 24.0 Å². The van der Waals surface area contributed by atoms with E-state index in [0.717, 1.165) is 70.1 Å². The van der Waals surface area contributed by atoms with Crippen molar-refractivity contribution < 1.29 is 33.4 Å². The highest BCUT2D eigenvalue weighted by atomic mass is 35.5. The number of carbonyl (C=O) groups is 5. The number of hydrogen-bond acceptors (Lipinski definition) is 12. The highest BCUT2D eigenvalue weighted by molar-refractivity contribution is 7.22. The van der Waals surface area contributed by atoms with Crippen LogP contribution in [0.25, 0.3) is 20.8 Å². The van der Waals surface area contributed by atoms with E-state index < -0.39 is 11.5 Å². The first kappa shape index (κ1) is 44.1. The number of likely N-dealkylation sites (N-methyl/N-ethyl adjacent to an activating group) is 1. The van der Waals surface area contributed by atoms with Crippen LogP contribution >= 0.6 is 22.9 Å². The number of amides is 5. The average Bonchev–Trinajstić information content (AvgIpc) is 3.77. The van der Waals surface area contributed by atoms with Crippen LogP contribution in [0.5, 0.6) is 11.5 Å². The molecule has 4 aliphatic heterocycles. The molecule has 3 aromatic carbocycles. The minimum atomic E-state index is -1.23. The van der Waals surface area contributed by atoms with Crippen LogP contribution in [-0.2, 0) is 24.0 Å². The molecule has 0 radical (unpaired) electrons. The van der Waals surface area contributed by atoms with Crippen LogP contribution in [-0.4, -0.2) is 103 Å². The standard InChI is InChI=1S/C48H51ClN8O7S/c1-50-47(62)48(64-40-8-3-2-5-35(40)45-54-38-7-4-6-37(49)43(38)65-45)15-20-57(21-16-48)46(61)36-25-42(59)53-39-24-32(9-10-34(36)39)63-22-17-51-26-29-13-18-56(19-14-29)31-23-30(27-52-28-31)33-11-12-41(58)55-44(33)60/h2-10,23-24,27-29,33,36,51H,11-22,25-26H2,1H3,(H,50,62)(H,53,59)(H,55,58,60)/t33?,36-/m0/s1. The van der Waals surface area contributed by atoms with Gasteiger partial charge in [-0.2, -0.15) is 0 Å². The van der Waals surface area contributed by atoms with Crippen molar-refractivity contribution in [3.8, 4) is 22.1 Å². The lowest BCUT2D eigenvalue weighted by atomic mass is 9.86. The Kier molecular flexibility index (Phi) is 13.0. The van der Waals surface area contributed by atoms with E-state index in [1.807, 2.05) is 66.9 Å². The fourth-order valence-electron chi connectivity index (χ4n) is 9.40. The van der Waals surface area contributed by atoms with Crippen molar-refractivity contribution in [2.75, 3.05) is 63.1 Å². The predicted molar refractivity (Wildman–Crippen MR) is 248 cm³/mol. The molecule has 3 saturated heterocycles. The Hall–Kier alpha value is -6.10. The van der Waals surface area contributed by atoms with Crippen molar-refractivity contribution in [1.82, 2.24) is 30.8 Å². The summed E-state index contributed by atoms with van der Waals surface area (Å²) in [4.78, 5) is 78.0. The zero-order chi connectivity index (χ0) is 45.1. The summed E-state index contributed by atoms with van der Waals surface area (Å²) in [6, 6.07) is 20.6. The number of fused-ring (bicyclic) bond motifs is 2. The summed E-state index contributed by atoms with van der Waals surface area (Å²) in [7, 11) is 1.58. The van der Waals surface area contributed by atoms with E-state index in [4.69, 9.17) is 26.1 Å². The molecule has 0 aliphatic carbocycles. The lowest BCUT2D eigenvalue weighted by Crippen LogP contribution is -2.58. The number of pyridine rings is 1. The summed E-state index contributed by atoms with van der Waals surface area (Å²) in [5, 5.41) is 13.0. The third kappa shape index (κ3) is 9.51. The Balaban J connectivity index is 0.761. The maximum Gasteiger partial charge on any atom is 0.264 e. The van der Waals surface area contributed by atoms with Gasteiger partial charge in [-0.05, 0) is 79.3 Å². The van der Waals surface area contributed by atoms with Gasteiger partial charge < -0.3 is 35.2 Å². The molecule has 15 nitrogen and oxygen atoms in total. The normalized spacial score (nSPS) is 19.9. The number of likely N-dealkylation sites (tertiary alicyclic amines) is 1. The van der Waals surface area contributed by atoms with Gasteiger partial charge in [0, 0.05) is 83.4 Å². The molecule has 0 bridgehead atoms. The molecule has 6 heterocycles. The fraction of sp³-hybridized carbons (Fsp3) is 0.396. The van der Waals surface area contributed by atoms with E-state index >= 15 is 0 Å². The molecule has 1 unspecified atom stereocenters. The summed E-state index contributed by atoms with van der Waals surface area (Å²) in [6.45, 7) is 4.23. The molecule has 0 saturated carbocycles. The number of carbonyl (C=O) groups excluding carboxylic acids is 5. The van der Waals surface area contributed by atoms with Gasteiger partial charge in [-0.1, -0.05) is 35.9 Å². The van der Waals surface area contributed by atoms with Crippen molar-refractivity contribution >= 4 is 74.1 Å². The molecular formula is C48H51ClN8O7S. The van der Waals surface area contributed by atoms with Gasteiger partial charge in [-0.15, -0.1) is 11.3 Å². The predicted octanol–water partition coefficient (Wildman–Crippen LogP) is 6.03. The molecule has 338 valence electrons. The topological polar surface area (TPSA) is 184 Å². The number of rotatable bonds is 13. The zero-order valence-corrected chi connectivity index (χ0v) is 37.6. The van der Waals surface area contributed by atoms with E-state index in [1.165, 1.54) is 11.3 Å². The molecule has 17 heteroatoms. The summed E-state index contributed by atoms with van der Waals surface area (Å²) >= 11 is 7.93. The Morgan fingerprint density at radius 2 is 1.75 bits per heavy atom. The van der Waals surface area contributed by atoms with Gasteiger partial charge in [0.25, 0.3) is 5.91 Å². The van der Waals surface area contributed by atoms with Crippen molar-refractivity contribution in [1.29, 1.82) is 0 Å². The molecule has 65 heavy (non-hydrogen) atoms. The lowest BCUT2D eigenvalue weighted by Gasteiger charge is -2.42. The minimum absolute atomic E-state index is 0.0215. The van der Waals surface area contributed by atoms with Gasteiger partial charge in [-0.3, -0.25) is 34.3 Å². The molecular weight excluding hydrogens is 868 g/mol. The number of nitrogens with one attached hydrogen (secondary N) is 4. The van der Waals surface area contributed by atoms with Gasteiger partial charge >= 0.3 is 0 Å². The summed E-state index contributed by atoms with van der Waals surface area (Å²) < 4.78 is 13.6. The maximum atomic E-state index is 14.2. The van der Waals surface area contributed by atoms with Crippen LogP contribution in [0.15, 0.2) is 79.1 Å². The summed E-state index contributed by atoms with van der Waals surface area (Å²) in [5.74, 6) is -0.574. The third-order valence-electron chi connectivity index (χ3n) is 13.0. The van der Waals surface area contributed by atoms with Gasteiger partial charge in [-0.25, -0.2) is 4.98 Å². The molecule has 4 N–H and O–H groups in total. The van der Waals surface area contributed by atoms with Gasteiger partial charge in [0.05, 0.1) is 44.5 Å². The van der Waals surface area contributed by atoms with Gasteiger partial charge in [0.1, 0.15) is 23.1 Å². The second-order valence-corrected chi connectivity index (χ2v) is 18.5. The van der Waals surface area contributed by atoms with E-state index in [-0.39, 0.29) is 67.8 Å². The molecule has 4 aliphatic rings. The van der Waals surface area contributed by atoms with Crippen LogP contribution < -0.4 is 35.6 Å². The number of benzene rings is 3. The first-order chi connectivity index (χ1) is 31.6. The number of aromatic nitrogens is 2. The molecule has 2 atom stereocenters. The Morgan fingerprint density at radius 1 is 0.938 bits per heavy atom. The van der Waals surface area contributed by atoms with Crippen LogP contribution in [0, 0.1) is 5.92 Å². The first-order valence-corrected chi connectivity index (χ1v) is 23.4. The maximum absolute atomic E-state index is 14.2. The molecule has 5 amide bonds. The number of hydrogen-bond donors (Lipinski definition) is 4. The average molecular weight is 920 g/mol. The fourth-order valence-corrected chi connectivity index (χ4v) is 10.7. The molecule has 5 aromatic rings. The number of anilines is 2. The largest absolute Gasteiger partial charge is 0.492 e. The number of piperidine rings is 3. The van der Waals surface area contributed by atoms with Crippen LogP contribution in [0.2, 0.25) is 5.02 Å².